The summed E-state index contributed by atoms with van der Waals surface area (Å²) in [4.78, 5) is 0. The van der Waals surface area contributed by atoms with Crippen LogP contribution < -0.4 is 10.6 Å². The molecule has 0 radical (unpaired) electrons. The van der Waals surface area contributed by atoms with Crippen molar-refractivity contribution in [2.45, 2.75) is 25.6 Å². The SMILES string of the molecule is CCNCC1NCCc2cc(C(F)(F)F)ccc21. The second-order valence-corrected chi connectivity index (χ2v) is 4.48. The molecule has 18 heavy (non-hydrogen) atoms. The molecule has 100 valence electrons. The zero-order valence-corrected chi connectivity index (χ0v) is 10.3. The van der Waals surface area contributed by atoms with Crippen LogP contribution in [0.2, 0.25) is 0 Å². The Bertz CT molecular complexity index is 415. The summed E-state index contributed by atoms with van der Waals surface area (Å²) >= 11 is 0. The number of nitrogens with one attached hydrogen (secondary N) is 2. The lowest BCUT2D eigenvalue weighted by Crippen LogP contribution is -2.36. The minimum Gasteiger partial charge on any atom is -0.315 e. The number of halogens is 3. The summed E-state index contributed by atoms with van der Waals surface area (Å²) in [6.45, 7) is 4.34. The molecular weight excluding hydrogens is 241 g/mol. The highest BCUT2D eigenvalue weighted by atomic mass is 19.4. The number of benzene rings is 1. The molecule has 1 aromatic carbocycles. The molecule has 2 nitrogen and oxygen atoms in total. The second kappa shape index (κ2) is 5.28. The Morgan fingerprint density at radius 1 is 1.39 bits per heavy atom. The molecule has 1 heterocycles. The van der Waals surface area contributed by atoms with Crippen LogP contribution >= 0.6 is 0 Å². The molecule has 0 aromatic heterocycles. The van der Waals surface area contributed by atoms with Crippen LogP contribution in [0, 0.1) is 0 Å². The summed E-state index contributed by atoms with van der Waals surface area (Å²) in [6.07, 6.45) is -3.60. The van der Waals surface area contributed by atoms with Crippen molar-refractivity contribution < 1.29 is 13.2 Å². The second-order valence-electron chi connectivity index (χ2n) is 4.48. The zero-order valence-electron chi connectivity index (χ0n) is 10.3. The van der Waals surface area contributed by atoms with Gasteiger partial charge in [0.15, 0.2) is 0 Å². The Kier molecular flexibility index (Phi) is 3.92. The van der Waals surface area contributed by atoms with Crippen LogP contribution in [0.3, 0.4) is 0 Å². The van der Waals surface area contributed by atoms with Crippen molar-refractivity contribution in [1.29, 1.82) is 0 Å². The van der Waals surface area contributed by atoms with Crippen molar-refractivity contribution >= 4 is 0 Å². The van der Waals surface area contributed by atoms with Crippen LogP contribution in [0.1, 0.15) is 29.7 Å². The fourth-order valence-electron chi connectivity index (χ4n) is 2.30. The molecular formula is C13H17F3N2. The third-order valence-electron chi connectivity index (χ3n) is 3.23. The first-order valence-corrected chi connectivity index (χ1v) is 6.16. The average Bonchev–Trinajstić information content (AvgIpc) is 2.34. The highest BCUT2D eigenvalue weighted by Crippen LogP contribution is 2.32. The molecule has 1 atom stereocenters. The van der Waals surface area contributed by atoms with Crippen molar-refractivity contribution in [3.63, 3.8) is 0 Å². The first-order chi connectivity index (χ1) is 8.52. The molecule has 0 amide bonds. The van der Waals surface area contributed by atoms with E-state index in [0.29, 0.717) is 6.42 Å². The highest BCUT2D eigenvalue weighted by molar-refractivity contribution is 5.37. The number of hydrogen-bond acceptors (Lipinski definition) is 2. The Labute approximate surface area is 105 Å². The van der Waals surface area contributed by atoms with Gasteiger partial charge in [-0.1, -0.05) is 13.0 Å². The van der Waals surface area contributed by atoms with Crippen LogP contribution in [0.15, 0.2) is 18.2 Å². The molecule has 1 aliphatic heterocycles. The van der Waals surface area contributed by atoms with Crippen molar-refractivity contribution in [1.82, 2.24) is 10.6 Å². The number of likely N-dealkylation sites (N-methyl/N-ethyl adjacent to an activating group) is 1. The molecule has 1 aliphatic rings. The van der Waals surface area contributed by atoms with Crippen molar-refractivity contribution in [3.05, 3.63) is 34.9 Å². The molecule has 0 aliphatic carbocycles. The first kappa shape index (κ1) is 13.4. The molecule has 0 fully saturated rings. The van der Waals surface area contributed by atoms with E-state index >= 15 is 0 Å². The number of alkyl halides is 3. The fourth-order valence-corrected chi connectivity index (χ4v) is 2.30. The Morgan fingerprint density at radius 3 is 2.83 bits per heavy atom. The molecule has 2 rings (SSSR count). The van der Waals surface area contributed by atoms with Gasteiger partial charge in [-0.2, -0.15) is 13.2 Å². The largest absolute Gasteiger partial charge is 0.416 e. The van der Waals surface area contributed by atoms with Crippen LogP contribution in [0.4, 0.5) is 13.2 Å². The lowest BCUT2D eigenvalue weighted by molar-refractivity contribution is -0.137. The van der Waals surface area contributed by atoms with Gasteiger partial charge in [0.05, 0.1) is 5.56 Å². The smallest absolute Gasteiger partial charge is 0.315 e. The van der Waals surface area contributed by atoms with E-state index in [1.165, 1.54) is 12.1 Å². The lowest BCUT2D eigenvalue weighted by atomic mass is 9.92. The molecule has 1 aromatic rings. The highest BCUT2D eigenvalue weighted by Gasteiger charge is 2.32. The molecule has 0 saturated carbocycles. The third kappa shape index (κ3) is 2.84. The molecule has 0 spiro atoms. The van der Waals surface area contributed by atoms with Crippen LogP contribution in [-0.2, 0) is 12.6 Å². The normalized spacial score (nSPS) is 19.7. The van der Waals surface area contributed by atoms with E-state index in [4.69, 9.17) is 0 Å². The van der Waals surface area contributed by atoms with Crippen molar-refractivity contribution in [2.24, 2.45) is 0 Å². The number of fused-ring (bicyclic) bond motifs is 1. The summed E-state index contributed by atoms with van der Waals surface area (Å²) in [5.41, 5.74) is 1.24. The van der Waals surface area contributed by atoms with Gasteiger partial charge in [0, 0.05) is 12.6 Å². The molecule has 1 unspecified atom stereocenters. The molecule has 0 saturated heterocycles. The van der Waals surface area contributed by atoms with E-state index in [9.17, 15) is 13.2 Å². The summed E-state index contributed by atoms with van der Waals surface area (Å²) in [5, 5.41) is 6.54. The standard InChI is InChI=1S/C13H17F3N2/c1-2-17-8-12-11-4-3-10(13(14,15)16)7-9(11)5-6-18-12/h3-4,7,12,17-18H,2,5-6,8H2,1H3. The Morgan fingerprint density at radius 2 is 2.17 bits per heavy atom. The fraction of sp³-hybridized carbons (Fsp3) is 0.538. The number of hydrogen-bond donors (Lipinski definition) is 2. The summed E-state index contributed by atoms with van der Waals surface area (Å²) in [6, 6.07) is 4.17. The van der Waals surface area contributed by atoms with Gasteiger partial charge >= 0.3 is 6.18 Å². The van der Waals surface area contributed by atoms with Gasteiger partial charge in [0.1, 0.15) is 0 Å². The monoisotopic (exact) mass is 258 g/mol. The predicted octanol–water partition coefficient (Wildman–Crippen LogP) is 2.50. The van der Waals surface area contributed by atoms with Gasteiger partial charge in [-0.3, -0.25) is 0 Å². The Balaban J connectivity index is 2.25. The van der Waals surface area contributed by atoms with E-state index in [1.54, 1.807) is 6.07 Å². The molecule has 2 N–H and O–H groups in total. The number of rotatable bonds is 3. The minimum absolute atomic E-state index is 0.107. The summed E-state index contributed by atoms with van der Waals surface area (Å²) in [7, 11) is 0. The van der Waals surface area contributed by atoms with Gasteiger partial charge in [-0.05, 0) is 42.8 Å². The van der Waals surface area contributed by atoms with Gasteiger partial charge in [-0.25, -0.2) is 0 Å². The van der Waals surface area contributed by atoms with Gasteiger partial charge in [0.25, 0.3) is 0 Å². The Hall–Kier alpha value is -1.07. The summed E-state index contributed by atoms with van der Waals surface area (Å²) < 4.78 is 37.9. The van der Waals surface area contributed by atoms with Crippen LogP contribution in [-0.4, -0.2) is 19.6 Å². The van der Waals surface area contributed by atoms with Crippen molar-refractivity contribution in [3.8, 4) is 0 Å². The predicted molar refractivity (Wildman–Crippen MR) is 64.4 cm³/mol. The van der Waals surface area contributed by atoms with Crippen LogP contribution in [0.25, 0.3) is 0 Å². The maximum atomic E-state index is 12.6. The quantitative estimate of drug-likeness (QED) is 0.870. The van der Waals surface area contributed by atoms with Gasteiger partial charge < -0.3 is 10.6 Å². The van der Waals surface area contributed by atoms with Gasteiger partial charge in [0.2, 0.25) is 0 Å². The maximum Gasteiger partial charge on any atom is 0.416 e. The van der Waals surface area contributed by atoms with E-state index in [2.05, 4.69) is 10.6 Å². The zero-order chi connectivity index (χ0) is 13.2. The minimum atomic E-state index is -4.25. The van der Waals surface area contributed by atoms with E-state index in [-0.39, 0.29) is 6.04 Å². The van der Waals surface area contributed by atoms with Gasteiger partial charge in [-0.15, -0.1) is 0 Å². The lowest BCUT2D eigenvalue weighted by Gasteiger charge is -2.28. The molecule has 0 bridgehead atoms. The maximum absolute atomic E-state index is 12.6. The average molecular weight is 258 g/mol. The van der Waals surface area contributed by atoms with Crippen LogP contribution in [0.5, 0.6) is 0 Å². The first-order valence-electron chi connectivity index (χ1n) is 6.16. The van der Waals surface area contributed by atoms with E-state index in [0.717, 1.165) is 30.8 Å². The van der Waals surface area contributed by atoms with E-state index in [1.807, 2.05) is 6.92 Å². The van der Waals surface area contributed by atoms with E-state index < -0.39 is 11.7 Å². The third-order valence-corrected chi connectivity index (χ3v) is 3.23. The topological polar surface area (TPSA) is 24.1 Å². The van der Waals surface area contributed by atoms with Crippen molar-refractivity contribution in [2.75, 3.05) is 19.6 Å². The summed E-state index contributed by atoms with van der Waals surface area (Å²) in [5.74, 6) is 0. The molecule has 5 heteroatoms.